The van der Waals surface area contributed by atoms with E-state index in [0.29, 0.717) is 10.7 Å². The smallest absolute Gasteiger partial charge is 0.267 e. The maximum Gasteiger partial charge on any atom is 0.267 e. The molecule has 2 atom stereocenters. The monoisotopic (exact) mass is 311 g/mol. The average Bonchev–Trinajstić information content (AvgIpc) is 3.03. The zero-order chi connectivity index (χ0) is 15.6. The zero-order valence-corrected chi connectivity index (χ0v) is 13.8. The molecule has 7 heteroatoms. The Labute approximate surface area is 130 Å². The molecule has 21 heavy (non-hydrogen) atoms. The normalized spacial score (nSPS) is 19.8. The van der Waals surface area contributed by atoms with Crippen molar-refractivity contribution in [3.8, 4) is 0 Å². The topological polar surface area (TPSA) is 88.5 Å². The first-order valence-electron chi connectivity index (χ1n) is 7.48. The first-order valence-corrected chi connectivity index (χ1v) is 8.29. The van der Waals surface area contributed by atoms with Crippen molar-refractivity contribution < 1.29 is 4.79 Å². The summed E-state index contributed by atoms with van der Waals surface area (Å²) in [6.45, 7) is 5.83. The molecule has 1 amide bonds. The van der Waals surface area contributed by atoms with Gasteiger partial charge in [-0.3, -0.25) is 4.79 Å². The molecule has 0 aromatic carbocycles. The molecular formula is C14H25N5OS. The van der Waals surface area contributed by atoms with E-state index < -0.39 is 0 Å². The lowest BCUT2D eigenvalue weighted by Crippen LogP contribution is -2.34. The summed E-state index contributed by atoms with van der Waals surface area (Å²) in [5.74, 6) is 0.289. The average molecular weight is 311 g/mol. The van der Waals surface area contributed by atoms with Crippen molar-refractivity contribution in [3.63, 3.8) is 0 Å². The summed E-state index contributed by atoms with van der Waals surface area (Å²) in [6, 6.07) is 0.384. The number of nitrogen functional groups attached to an aromatic ring is 1. The minimum Gasteiger partial charge on any atom is -0.382 e. The van der Waals surface area contributed by atoms with E-state index in [2.05, 4.69) is 23.7 Å². The number of nitrogens with zero attached hydrogens (tertiary/aromatic N) is 3. The van der Waals surface area contributed by atoms with Crippen LogP contribution in [-0.2, 0) is 0 Å². The van der Waals surface area contributed by atoms with Crippen LogP contribution in [0.1, 0.15) is 42.8 Å². The Morgan fingerprint density at radius 1 is 1.62 bits per heavy atom. The zero-order valence-electron chi connectivity index (χ0n) is 13.0. The lowest BCUT2D eigenvalue weighted by molar-refractivity contribution is 0.0742. The number of hydrogen-bond donors (Lipinski definition) is 2. The Hall–Kier alpha value is -1.34. The summed E-state index contributed by atoms with van der Waals surface area (Å²) < 4.78 is 0. The molecule has 1 saturated heterocycles. The van der Waals surface area contributed by atoms with E-state index in [1.54, 1.807) is 4.90 Å². The van der Waals surface area contributed by atoms with Gasteiger partial charge in [-0.15, -0.1) is 0 Å². The fraction of sp³-hybridized carbons (Fsp3) is 0.714. The van der Waals surface area contributed by atoms with Gasteiger partial charge in [-0.05, 0) is 19.8 Å². The molecule has 1 aliphatic heterocycles. The van der Waals surface area contributed by atoms with Crippen molar-refractivity contribution in [2.75, 3.05) is 30.8 Å². The van der Waals surface area contributed by atoms with Crippen molar-refractivity contribution in [1.29, 1.82) is 0 Å². The van der Waals surface area contributed by atoms with Gasteiger partial charge in [0.15, 0.2) is 5.13 Å². The Morgan fingerprint density at radius 2 is 2.33 bits per heavy atom. The summed E-state index contributed by atoms with van der Waals surface area (Å²) in [6.07, 6.45) is 2.98. The summed E-state index contributed by atoms with van der Waals surface area (Å²) in [5, 5.41) is 0.806. The Morgan fingerprint density at radius 3 is 2.90 bits per heavy atom. The van der Waals surface area contributed by atoms with E-state index in [1.165, 1.54) is 11.3 Å². The number of thiazole rings is 1. The summed E-state index contributed by atoms with van der Waals surface area (Å²) in [5.41, 5.74) is 11.9. The second-order valence-electron chi connectivity index (χ2n) is 5.76. The minimum absolute atomic E-state index is 0.0410. The van der Waals surface area contributed by atoms with E-state index >= 15 is 0 Å². The van der Waals surface area contributed by atoms with Gasteiger partial charge in [0.1, 0.15) is 10.7 Å². The molecule has 4 N–H and O–H groups in total. The lowest BCUT2D eigenvalue weighted by Gasteiger charge is -2.24. The van der Waals surface area contributed by atoms with E-state index in [1.807, 2.05) is 7.05 Å². The van der Waals surface area contributed by atoms with Gasteiger partial charge < -0.3 is 21.3 Å². The molecule has 2 rings (SSSR count). The third-order valence-corrected chi connectivity index (χ3v) is 5.14. The van der Waals surface area contributed by atoms with Crippen LogP contribution in [0.2, 0.25) is 0 Å². The third-order valence-electron chi connectivity index (χ3n) is 4.02. The van der Waals surface area contributed by atoms with Crippen molar-refractivity contribution in [1.82, 2.24) is 9.88 Å². The van der Waals surface area contributed by atoms with Crippen molar-refractivity contribution in [3.05, 3.63) is 4.88 Å². The second-order valence-corrected chi connectivity index (χ2v) is 6.74. The molecule has 0 aliphatic carbocycles. The number of hydrogen-bond acceptors (Lipinski definition) is 6. The standard InChI is InChI=1S/C14H25N5OS/c1-4-5-9(2)18(3)13(20)11-12(16)17-14(21-11)19-7-6-10(15)8-19/h9-10H,4-8,15-16H2,1-3H3. The first kappa shape index (κ1) is 16.0. The number of rotatable bonds is 5. The van der Waals surface area contributed by atoms with Gasteiger partial charge in [-0.1, -0.05) is 24.7 Å². The molecular weight excluding hydrogens is 286 g/mol. The molecule has 2 heterocycles. The molecule has 1 aromatic rings. The maximum atomic E-state index is 12.5. The summed E-state index contributed by atoms with van der Waals surface area (Å²) >= 11 is 1.37. The largest absolute Gasteiger partial charge is 0.382 e. The van der Waals surface area contributed by atoms with Crippen molar-refractivity contribution >= 4 is 28.2 Å². The number of carbonyl (C=O) groups is 1. The molecule has 6 nitrogen and oxygen atoms in total. The number of amides is 1. The van der Waals surface area contributed by atoms with Gasteiger partial charge in [0.2, 0.25) is 0 Å². The van der Waals surface area contributed by atoms with Gasteiger partial charge in [-0.2, -0.15) is 0 Å². The molecule has 0 bridgehead atoms. The van der Waals surface area contributed by atoms with Crippen LogP contribution in [0.25, 0.3) is 0 Å². The van der Waals surface area contributed by atoms with Crippen LogP contribution >= 0.6 is 11.3 Å². The van der Waals surface area contributed by atoms with Crippen LogP contribution in [-0.4, -0.2) is 48.0 Å². The van der Waals surface area contributed by atoms with Crippen LogP contribution in [0.15, 0.2) is 0 Å². The number of carbonyl (C=O) groups excluding carboxylic acids is 1. The van der Waals surface area contributed by atoms with Crippen LogP contribution in [0.5, 0.6) is 0 Å². The fourth-order valence-electron chi connectivity index (χ4n) is 2.54. The lowest BCUT2D eigenvalue weighted by atomic mass is 10.1. The number of nitrogens with two attached hydrogens (primary N) is 2. The Balaban J connectivity index is 2.13. The third kappa shape index (κ3) is 3.47. The Bertz CT molecular complexity index is 504. The molecule has 0 radical (unpaired) electrons. The van der Waals surface area contributed by atoms with Crippen LogP contribution in [0.4, 0.5) is 10.9 Å². The highest BCUT2D eigenvalue weighted by Gasteiger charge is 2.27. The molecule has 0 spiro atoms. The van der Waals surface area contributed by atoms with Gasteiger partial charge in [0.05, 0.1) is 0 Å². The van der Waals surface area contributed by atoms with Gasteiger partial charge >= 0.3 is 0 Å². The maximum absolute atomic E-state index is 12.5. The highest BCUT2D eigenvalue weighted by Crippen LogP contribution is 2.31. The molecule has 1 fully saturated rings. The van der Waals surface area contributed by atoms with Crippen molar-refractivity contribution in [2.45, 2.75) is 45.2 Å². The summed E-state index contributed by atoms with van der Waals surface area (Å²) in [7, 11) is 1.83. The highest BCUT2D eigenvalue weighted by atomic mass is 32.1. The van der Waals surface area contributed by atoms with E-state index in [4.69, 9.17) is 11.5 Å². The van der Waals surface area contributed by atoms with Crippen molar-refractivity contribution in [2.24, 2.45) is 5.73 Å². The molecule has 2 unspecified atom stereocenters. The predicted molar refractivity (Wildman–Crippen MR) is 87.8 cm³/mol. The second kappa shape index (κ2) is 6.62. The number of anilines is 2. The SMILES string of the molecule is CCCC(C)N(C)C(=O)c1sc(N2CCC(N)C2)nc1N. The summed E-state index contributed by atoms with van der Waals surface area (Å²) in [4.78, 5) is 21.3. The number of aromatic nitrogens is 1. The van der Waals surface area contributed by atoms with Gasteiger partial charge in [-0.25, -0.2) is 4.98 Å². The van der Waals surface area contributed by atoms with Crippen LogP contribution < -0.4 is 16.4 Å². The fourth-order valence-corrected chi connectivity index (χ4v) is 3.54. The molecule has 118 valence electrons. The molecule has 0 saturated carbocycles. The van der Waals surface area contributed by atoms with Gasteiger partial charge in [0.25, 0.3) is 5.91 Å². The molecule has 1 aliphatic rings. The minimum atomic E-state index is -0.0410. The first-order chi connectivity index (χ1) is 9.93. The predicted octanol–water partition coefficient (Wildman–Crippen LogP) is 1.52. The molecule has 1 aromatic heterocycles. The van der Waals surface area contributed by atoms with Crippen LogP contribution in [0.3, 0.4) is 0 Å². The van der Waals surface area contributed by atoms with E-state index in [0.717, 1.165) is 37.5 Å². The van der Waals surface area contributed by atoms with E-state index in [9.17, 15) is 4.79 Å². The van der Waals surface area contributed by atoms with Gasteiger partial charge in [0, 0.05) is 32.2 Å². The quantitative estimate of drug-likeness (QED) is 0.861. The van der Waals surface area contributed by atoms with Crippen LogP contribution in [0, 0.1) is 0 Å². The Kier molecular flexibility index (Phi) is 5.05. The van der Waals surface area contributed by atoms with E-state index in [-0.39, 0.29) is 18.0 Å². The highest BCUT2D eigenvalue weighted by molar-refractivity contribution is 7.18.